The molecule has 22 heavy (non-hydrogen) atoms. The lowest BCUT2D eigenvalue weighted by Gasteiger charge is -2.15. The zero-order valence-corrected chi connectivity index (χ0v) is 13.8. The van der Waals surface area contributed by atoms with Gasteiger partial charge in [-0.1, -0.05) is 18.2 Å². The molecule has 3 heteroatoms. The maximum Gasteiger partial charge on any atom is 0.142 e. The molecule has 0 saturated heterocycles. The fourth-order valence-corrected chi connectivity index (χ4v) is 2.13. The molecule has 0 spiro atoms. The highest BCUT2D eigenvalue weighted by atomic mass is 16.5. The Labute approximate surface area is 133 Å². The highest BCUT2D eigenvalue weighted by Crippen LogP contribution is 2.24. The number of aryl methyl sites for hydroxylation is 2. The van der Waals surface area contributed by atoms with E-state index in [-0.39, 0.29) is 6.10 Å². The van der Waals surface area contributed by atoms with Crippen molar-refractivity contribution in [1.29, 1.82) is 0 Å². The molecule has 0 radical (unpaired) electrons. The minimum absolute atomic E-state index is 0.162. The van der Waals surface area contributed by atoms with Crippen molar-refractivity contribution >= 4 is 5.69 Å². The lowest BCUT2D eigenvalue weighted by molar-refractivity contribution is 0.243. The number of benzene rings is 2. The summed E-state index contributed by atoms with van der Waals surface area (Å²) in [6, 6.07) is 14.2. The second kappa shape index (κ2) is 7.74. The van der Waals surface area contributed by atoms with Crippen LogP contribution in [0.1, 0.15) is 25.0 Å². The molecule has 2 rings (SSSR count). The quantitative estimate of drug-likeness (QED) is 0.759. The van der Waals surface area contributed by atoms with E-state index < -0.39 is 0 Å². The Morgan fingerprint density at radius 3 is 2.50 bits per heavy atom. The lowest BCUT2D eigenvalue weighted by Crippen LogP contribution is -2.13. The van der Waals surface area contributed by atoms with Crippen molar-refractivity contribution in [3.8, 4) is 11.5 Å². The fraction of sp³-hybridized carbons (Fsp3) is 0.368. The summed E-state index contributed by atoms with van der Waals surface area (Å²) in [7, 11) is 0. The fourth-order valence-electron chi connectivity index (χ4n) is 2.13. The van der Waals surface area contributed by atoms with Crippen LogP contribution in [0.25, 0.3) is 0 Å². The van der Waals surface area contributed by atoms with E-state index in [1.165, 1.54) is 11.1 Å². The van der Waals surface area contributed by atoms with Crippen molar-refractivity contribution in [2.24, 2.45) is 0 Å². The first-order chi connectivity index (χ1) is 10.6. The third-order valence-corrected chi connectivity index (χ3v) is 3.41. The molecule has 2 aromatic carbocycles. The van der Waals surface area contributed by atoms with Gasteiger partial charge in [-0.15, -0.1) is 0 Å². The third kappa shape index (κ3) is 4.69. The maximum absolute atomic E-state index is 5.79. The average molecular weight is 299 g/mol. The first-order valence-corrected chi connectivity index (χ1v) is 7.76. The Morgan fingerprint density at radius 2 is 1.77 bits per heavy atom. The summed E-state index contributed by atoms with van der Waals surface area (Å²) >= 11 is 0. The van der Waals surface area contributed by atoms with Crippen LogP contribution in [0, 0.1) is 13.8 Å². The van der Waals surface area contributed by atoms with Crippen LogP contribution in [0.4, 0.5) is 5.69 Å². The Morgan fingerprint density at radius 1 is 1.00 bits per heavy atom. The molecule has 3 nitrogen and oxygen atoms in total. The SMILES string of the molecule is Cc1ccc(OCCNc2ccccc2OC(C)C)cc1C. The van der Waals surface area contributed by atoms with E-state index in [9.17, 15) is 0 Å². The molecule has 0 unspecified atom stereocenters. The van der Waals surface area contributed by atoms with Crippen LogP contribution < -0.4 is 14.8 Å². The van der Waals surface area contributed by atoms with E-state index in [4.69, 9.17) is 9.47 Å². The highest BCUT2D eigenvalue weighted by molar-refractivity contribution is 5.56. The van der Waals surface area contributed by atoms with Crippen LogP contribution in [0.15, 0.2) is 42.5 Å². The second-order valence-corrected chi connectivity index (χ2v) is 5.68. The molecule has 0 aliphatic carbocycles. The second-order valence-electron chi connectivity index (χ2n) is 5.68. The molecule has 1 N–H and O–H groups in total. The van der Waals surface area contributed by atoms with Crippen molar-refractivity contribution in [3.63, 3.8) is 0 Å². The first kappa shape index (κ1) is 16.2. The van der Waals surface area contributed by atoms with Gasteiger partial charge >= 0.3 is 0 Å². The maximum atomic E-state index is 5.79. The monoisotopic (exact) mass is 299 g/mol. The van der Waals surface area contributed by atoms with E-state index in [0.29, 0.717) is 6.61 Å². The molecule has 0 saturated carbocycles. The van der Waals surface area contributed by atoms with E-state index >= 15 is 0 Å². The molecule has 0 aliphatic rings. The van der Waals surface area contributed by atoms with Crippen LogP contribution in [0.2, 0.25) is 0 Å². The zero-order chi connectivity index (χ0) is 15.9. The Hall–Kier alpha value is -2.16. The predicted octanol–water partition coefficient (Wildman–Crippen LogP) is 4.58. The van der Waals surface area contributed by atoms with Crippen molar-refractivity contribution in [3.05, 3.63) is 53.6 Å². The lowest BCUT2D eigenvalue weighted by atomic mass is 10.1. The summed E-state index contributed by atoms with van der Waals surface area (Å²) in [6.45, 7) is 9.59. The molecular weight excluding hydrogens is 274 g/mol. The molecule has 2 aromatic rings. The van der Waals surface area contributed by atoms with E-state index in [1.54, 1.807) is 0 Å². The standard InChI is InChI=1S/C19H25NO2/c1-14(2)22-19-8-6-5-7-18(19)20-11-12-21-17-10-9-15(3)16(4)13-17/h5-10,13-14,20H,11-12H2,1-4H3. The van der Waals surface area contributed by atoms with Gasteiger partial charge in [0, 0.05) is 6.54 Å². The van der Waals surface area contributed by atoms with Crippen LogP contribution >= 0.6 is 0 Å². The van der Waals surface area contributed by atoms with Gasteiger partial charge in [0.05, 0.1) is 11.8 Å². The zero-order valence-electron chi connectivity index (χ0n) is 13.8. The smallest absolute Gasteiger partial charge is 0.142 e. The predicted molar refractivity (Wildman–Crippen MR) is 92.1 cm³/mol. The molecule has 0 aromatic heterocycles. The first-order valence-electron chi connectivity index (χ1n) is 7.76. The summed E-state index contributed by atoms with van der Waals surface area (Å²) in [5.41, 5.74) is 3.53. The van der Waals surface area contributed by atoms with Gasteiger partial charge in [-0.3, -0.25) is 0 Å². The third-order valence-electron chi connectivity index (χ3n) is 3.41. The molecule has 0 bridgehead atoms. The van der Waals surface area contributed by atoms with Crippen molar-refractivity contribution in [2.45, 2.75) is 33.8 Å². The van der Waals surface area contributed by atoms with Crippen LogP contribution in [-0.2, 0) is 0 Å². The van der Waals surface area contributed by atoms with E-state index in [2.05, 4.69) is 31.3 Å². The Bertz CT molecular complexity index is 608. The summed E-state index contributed by atoms with van der Waals surface area (Å²) in [5.74, 6) is 1.79. The summed E-state index contributed by atoms with van der Waals surface area (Å²) in [4.78, 5) is 0. The van der Waals surface area contributed by atoms with Gasteiger partial charge in [0.2, 0.25) is 0 Å². The number of nitrogens with one attached hydrogen (secondary N) is 1. The molecule has 0 atom stereocenters. The largest absolute Gasteiger partial charge is 0.492 e. The highest BCUT2D eigenvalue weighted by Gasteiger charge is 2.04. The van der Waals surface area contributed by atoms with Crippen LogP contribution in [0.5, 0.6) is 11.5 Å². The summed E-state index contributed by atoms with van der Waals surface area (Å²) in [5, 5.41) is 3.36. The number of hydrogen-bond donors (Lipinski definition) is 1. The number of rotatable bonds is 7. The Kier molecular flexibility index (Phi) is 5.70. The van der Waals surface area contributed by atoms with Gasteiger partial charge in [0.15, 0.2) is 0 Å². The number of para-hydroxylation sites is 2. The molecule has 0 fully saturated rings. The van der Waals surface area contributed by atoms with Gasteiger partial charge in [-0.25, -0.2) is 0 Å². The minimum atomic E-state index is 0.162. The van der Waals surface area contributed by atoms with Crippen molar-refractivity contribution < 1.29 is 9.47 Å². The van der Waals surface area contributed by atoms with E-state index in [1.807, 2.05) is 44.2 Å². The van der Waals surface area contributed by atoms with Gasteiger partial charge in [0.1, 0.15) is 18.1 Å². The van der Waals surface area contributed by atoms with Crippen LogP contribution in [-0.4, -0.2) is 19.3 Å². The Balaban J connectivity index is 1.85. The number of hydrogen-bond acceptors (Lipinski definition) is 3. The average Bonchev–Trinajstić information content (AvgIpc) is 2.48. The van der Waals surface area contributed by atoms with Crippen molar-refractivity contribution in [1.82, 2.24) is 0 Å². The molecule has 0 aliphatic heterocycles. The van der Waals surface area contributed by atoms with Crippen molar-refractivity contribution in [2.75, 3.05) is 18.5 Å². The molecule has 0 amide bonds. The number of ether oxygens (including phenoxy) is 2. The van der Waals surface area contributed by atoms with Gasteiger partial charge < -0.3 is 14.8 Å². The van der Waals surface area contributed by atoms with Gasteiger partial charge in [0.25, 0.3) is 0 Å². The summed E-state index contributed by atoms with van der Waals surface area (Å²) in [6.07, 6.45) is 0.162. The summed E-state index contributed by atoms with van der Waals surface area (Å²) < 4.78 is 11.6. The normalized spacial score (nSPS) is 10.6. The van der Waals surface area contributed by atoms with Gasteiger partial charge in [-0.05, 0) is 63.1 Å². The van der Waals surface area contributed by atoms with Gasteiger partial charge in [-0.2, -0.15) is 0 Å². The molecule has 118 valence electrons. The topological polar surface area (TPSA) is 30.5 Å². The van der Waals surface area contributed by atoms with Crippen LogP contribution in [0.3, 0.4) is 0 Å². The van der Waals surface area contributed by atoms with E-state index in [0.717, 1.165) is 23.7 Å². The minimum Gasteiger partial charge on any atom is -0.492 e. The molecule has 0 heterocycles. The molecular formula is C19H25NO2. The number of anilines is 1.